The molecule has 0 unspecified atom stereocenters. The van der Waals surface area contributed by atoms with E-state index in [1.807, 2.05) is 59.2 Å². The van der Waals surface area contributed by atoms with Crippen LogP contribution in [0.25, 0.3) is 11.1 Å². The van der Waals surface area contributed by atoms with E-state index in [4.69, 9.17) is 5.73 Å². The average Bonchev–Trinajstić information content (AvgIpc) is 3.13. The molecule has 2 N–H and O–H groups in total. The van der Waals surface area contributed by atoms with Gasteiger partial charge in [-0.1, -0.05) is 12.1 Å². The van der Waals surface area contributed by atoms with Crippen molar-refractivity contribution in [1.29, 1.82) is 0 Å². The largest absolute Gasteiger partial charge is 0.384 e. The summed E-state index contributed by atoms with van der Waals surface area (Å²) >= 11 is 0. The molecule has 0 atom stereocenters. The first-order chi connectivity index (χ1) is 13.6. The summed E-state index contributed by atoms with van der Waals surface area (Å²) in [5, 5.41) is 0. The zero-order valence-electron chi connectivity index (χ0n) is 16.0. The van der Waals surface area contributed by atoms with Gasteiger partial charge >= 0.3 is 0 Å². The Kier molecular flexibility index (Phi) is 5.08. The van der Waals surface area contributed by atoms with E-state index < -0.39 is 0 Å². The second kappa shape index (κ2) is 7.82. The summed E-state index contributed by atoms with van der Waals surface area (Å²) in [5.41, 5.74) is 8.27. The number of benzene rings is 1. The Balaban J connectivity index is 1.41. The van der Waals surface area contributed by atoms with Crippen LogP contribution in [-0.2, 0) is 13.6 Å². The van der Waals surface area contributed by atoms with Gasteiger partial charge in [0.05, 0.1) is 6.54 Å². The normalized spacial score (nSPS) is 15.0. The Morgan fingerprint density at radius 3 is 2.57 bits per heavy atom. The minimum Gasteiger partial charge on any atom is -0.384 e. The maximum Gasteiger partial charge on any atom is 0.253 e. The topological polar surface area (TPSA) is 80.3 Å². The number of carbonyl (C=O) groups is 1. The zero-order valence-corrected chi connectivity index (χ0v) is 16.0. The van der Waals surface area contributed by atoms with E-state index >= 15 is 0 Å². The van der Waals surface area contributed by atoms with Crippen molar-refractivity contribution >= 4 is 11.7 Å². The summed E-state index contributed by atoms with van der Waals surface area (Å²) < 4.78 is 2.04. The molecule has 4 rings (SSSR count). The average molecular weight is 376 g/mol. The molecule has 1 saturated heterocycles. The van der Waals surface area contributed by atoms with Crippen LogP contribution in [0, 0.1) is 0 Å². The third-order valence-electron chi connectivity index (χ3n) is 5.17. The van der Waals surface area contributed by atoms with Crippen LogP contribution in [0.15, 0.2) is 55.0 Å². The van der Waals surface area contributed by atoms with Crippen LogP contribution >= 0.6 is 0 Å². The number of aromatic nitrogens is 3. The van der Waals surface area contributed by atoms with Gasteiger partial charge in [0.1, 0.15) is 11.6 Å². The first-order valence-electron chi connectivity index (χ1n) is 9.40. The lowest BCUT2D eigenvalue weighted by molar-refractivity contribution is 0.0624. The van der Waals surface area contributed by atoms with E-state index in [-0.39, 0.29) is 5.91 Å². The Labute approximate surface area is 164 Å². The second-order valence-corrected chi connectivity index (χ2v) is 7.08. The summed E-state index contributed by atoms with van der Waals surface area (Å²) in [6.07, 6.45) is 5.51. The quantitative estimate of drug-likeness (QED) is 0.754. The molecular weight excluding hydrogens is 352 g/mol. The van der Waals surface area contributed by atoms with Crippen molar-refractivity contribution in [2.75, 3.05) is 31.9 Å². The van der Waals surface area contributed by atoms with E-state index in [2.05, 4.69) is 14.9 Å². The van der Waals surface area contributed by atoms with Gasteiger partial charge in [-0.3, -0.25) is 9.69 Å². The number of imidazole rings is 1. The molecule has 0 saturated carbocycles. The lowest BCUT2D eigenvalue weighted by Gasteiger charge is -2.34. The number of carbonyl (C=O) groups excluding carboxylic acids is 1. The highest BCUT2D eigenvalue weighted by molar-refractivity contribution is 5.95. The SMILES string of the molecule is Cn1ccnc1CN1CCN(C(=O)c2cccc(-c3ccc(N)nc3)c2)CC1. The fraction of sp³-hybridized carbons (Fsp3) is 0.286. The first kappa shape index (κ1) is 18.2. The van der Waals surface area contributed by atoms with Crippen LogP contribution in [0.4, 0.5) is 5.82 Å². The number of hydrogen-bond donors (Lipinski definition) is 1. The van der Waals surface area contributed by atoms with Gasteiger partial charge in [0, 0.05) is 62.9 Å². The molecule has 28 heavy (non-hydrogen) atoms. The maximum atomic E-state index is 13.0. The number of amides is 1. The predicted molar refractivity (Wildman–Crippen MR) is 108 cm³/mol. The molecule has 1 aromatic carbocycles. The molecule has 0 spiro atoms. The van der Waals surface area contributed by atoms with Crippen LogP contribution in [0.5, 0.6) is 0 Å². The Morgan fingerprint density at radius 1 is 1.07 bits per heavy atom. The van der Waals surface area contributed by atoms with Gasteiger partial charge in [-0.25, -0.2) is 9.97 Å². The number of nitrogens with two attached hydrogens (primary N) is 1. The lowest BCUT2D eigenvalue weighted by atomic mass is 10.0. The van der Waals surface area contributed by atoms with Gasteiger partial charge in [-0.15, -0.1) is 0 Å². The van der Waals surface area contributed by atoms with Gasteiger partial charge in [-0.2, -0.15) is 0 Å². The van der Waals surface area contributed by atoms with Crippen LogP contribution in [0.2, 0.25) is 0 Å². The molecule has 7 heteroatoms. The summed E-state index contributed by atoms with van der Waals surface area (Å²) in [5.74, 6) is 1.60. The molecule has 1 fully saturated rings. The summed E-state index contributed by atoms with van der Waals surface area (Å²) in [7, 11) is 2.01. The highest BCUT2D eigenvalue weighted by Crippen LogP contribution is 2.21. The van der Waals surface area contributed by atoms with Gasteiger partial charge < -0.3 is 15.2 Å². The van der Waals surface area contributed by atoms with E-state index in [1.54, 1.807) is 12.3 Å². The molecule has 3 aromatic rings. The third kappa shape index (κ3) is 3.89. The van der Waals surface area contributed by atoms with Crippen molar-refractivity contribution in [3.05, 3.63) is 66.4 Å². The molecule has 7 nitrogen and oxygen atoms in total. The number of rotatable bonds is 4. The number of hydrogen-bond acceptors (Lipinski definition) is 5. The molecule has 1 aliphatic heterocycles. The van der Waals surface area contributed by atoms with Gasteiger partial charge in [0.25, 0.3) is 5.91 Å². The first-order valence-corrected chi connectivity index (χ1v) is 9.40. The van der Waals surface area contributed by atoms with Crippen molar-refractivity contribution in [3.63, 3.8) is 0 Å². The molecule has 0 radical (unpaired) electrons. The molecule has 144 valence electrons. The third-order valence-corrected chi connectivity index (χ3v) is 5.17. The van der Waals surface area contributed by atoms with Crippen molar-refractivity contribution < 1.29 is 4.79 Å². The Bertz CT molecular complexity index is 957. The van der Waals surface area contributed by atoms with Gasteiger partial charge in [0.15, 0.2) is 0 Å². The van der Waals surface area contributed by atoms with Crippen molar-refractivity contribution in [3.8, 4) is 11.1 Å². The fourth-order valence-corrected chi connectivity index (χ4v) is 3.45. The molecule has 3 heterocycles. The number of nitrogen functional groups attached to an aromatic ring is 1. The summed E-state index contributed by atoms with van der Waals surface area (Å²) in [6, 6.07) is 11.4. The Morgan fingerprint density at radius 2 is 1.89 bits per heavy atom. The van der Waals surface area contributed by atoms with Gasteiger partial charge in [-0.05, 0) is 29.8 Å². The van der Waals surface area contributed by atoms with Crippen molar-refractivity contribution in [2.45, 2.75) is 6.54 Å². The molecular formula is C21H24N6O. The monoisotopic (exact) mass is 376 g/mol. The van der Waals surface area contributed by atoms with Crippen molar-refractivity contribution in [1.82, 2.24) is 24.3 Å². The van der Waals surface area contributed by atoms with Crippen LogP contribution < -0.4 is 5.73 Å². The highest BCUT2D eigenvalue weighted by atomic mass is 16.2. The molecule has 1 amide bonds. The zero-order chi connectivity index (χ0) is 19.5. The summed E-state index contributed by atoms with van der Waals surface area (Å²) in [4.78, 5) is 25.8. The number of piperazine rings is 1. The van der Waals surface area contributed by atoms with E-state index in [1.165, 1.54) is 0 Å². The minimum absolute atomic E-state index is 0.0712. The molecule has 2 aromatic heterocycles. The molecule has 0 bridgehead atoms. The number of nitrogens with zero attached hydrogens (tertiary/aromatic N) is 5. The lowest BCUT2D eigenvalue weighted by Crippen LogP contribution is -2.48. The molecule has 0 aliphatic carbocycles. The van der Waals surface area contributed by atoms with Crippen LogP contribution in [0.1, 0.15) is 16.2 Å². The molecule has 1 aliphatic rings. The maximum absolute atomic E-state index is 13.0. The van der Waals surface area contributed by atoms with E-state index in [0.717, 1.165) is 49.7 Å². The number of aryl methyl sites for hydroxylation is 1. The fourth-order valence-electron chi connectivity index (χ4n) is 3.45. The van der Waals surface area contributed by atoms with Gasteiger partial charge in [0.2, 0.25) is 0 Å². The minimum atomic E-state index is 0.0712. The van der Waals surface area contributed by atoms with E-state index in [9.17, 15) is 4.79 Å². The highest BCUT2D eigenvalue weighted by Gasteiger charge is 2.23. The standard InChI is InChI=1S/C21H24N6O/c1-25-8-7-23-20(25)15-26-9-11-27(12-10-26)21(28)17-4-2-3-16(13-17)18-5-6-19(22)24-14-18/h2-8,13-14H,9-12,15H2,1H3,(H2,22,24). The van der Waals surface area contributed by atoms with Crippen molar-refractivity contribution in [2.24, 2.45) is 7.05 Å². The van der Waals surface area contributed by atoms with E-state index in [0.29, 0.717) is 11.4 Å². The summed E-state index contributed by atoms with van der Waals surface area (Å²) in [6.45, 7) is 3.94. The number of anilines is 1. The number of pyridine rings is 1. The van der Waals surface area contributed by atoms with Crippen LogP contribution in [-0.4, -0.2) is 56.4 Å². The second-order valence-electron chi connectivity index (χ2n) is 7.08. The Hall–Kier alpha value is -3.19. The smallest absolute Gasteiger partial charge is 0.253 e. The van der Waals surface area contributed by atoms with Crippen LogP contribution in [0.3, 0.4) is 0 Å². The predicted octanol–water partition coefficient (Wildman–Crippen LogP) is 2.02.